The lowest BCUT2D eigenvalue weighted by atomic mass is 10.1. The van der Waals surface area contributed by atoms with Crippen molar-refractivity contribution >= 4 is 17.5 Å². The second kappa shape index (κ2) is 6.25. The maximum absolute atomic E-state index is 12.2. The van der Waals surface area contributed by atoms with Crippen molar-refractivity contribution < 1.29 is 9.59 Å². The Bertz CT molecular complexity index is 792. The van der Waals surface area contributed by atoms with Crippen molar-refractivity contribution in [2.45, 2.75) is 0 Å². The third-order valence-corrected chi connectivity index (χ3v) is 2.92. The molecule has 0 aromatic heterocycles. The molecule has 0 unspecified atom stereocenters. The van der Waals surface area contributed by atoms with E-state index >= 15 is 0 Å². The molecule has 2 amide bonds. The minimum Gasteiger partial charge on any atom is -0.366 e. The standard InChI is InChI=1S/C17H11N3O2/c1-2-11-7-12(10-18)9-14(8-11)17(22)20-15-5-3-13(4-6-15)16(19)21/h1,3-9H,(H2,19,21)(H,20,22). The maximum Gasteiger partial charge on any atom is 0.255 e. The van der Waals surface area contributed by atoms with Crippen LogP contribution in [0.25, 0.3) is 0 Å². The van der Waals surface area contributed by atoms with Crippen LogP contribution in [0.1, 0.15) is 31.8 Å². The molecule has 0 aliphatic heterocycles. The highest BCUT2D eigenvalue weighted by atomic mass is 16.2. The first-order valence-corrected chi connectivity index (χ1v) is 6.26. The number of nitrogens with one attached hydrogen (secondary N) is 1. The number of hydrogen-bond donors (Lipinski definition) is 2. The number of amides is 2. The first-order chi connectivity index (χ1) is 10.5. The summed E-state index contributed by atoms with van der Waals surface area (Å²) in [5.41, 5.74) is 7.04. The molecule has 2 rings (SSSR count). The molecule has 0 heterocycles. The van der Waals surface area contributed by atoms with E-state index in [0.29, 0.717) is 22.4 Å². The molecule has 106 valence electrons. The molecule has 2 aromatic carbocycles. The average molecular weight is 289 g/mol. The van der Waals surface area contributed by atoms with Crippen LogP contribution in [0.5, 0.6) is 0 Å². The van der Waals surface area contributed by atoms with Gasteiger partial charge < -0.3 is 11.1 Å². The summed E-state index contributed by atoms with van der Waals surface area (Å²) in [6.45, 7) is 0. The summed E-state index contributed by atoms with van der Waals surface area (Å²) >= 11 is 0. The van der Waals surface area contributed by atoms with Gasteiger partial charge in [0.15, 0.2) is 0 Å². The number of benzene rings is 2. The van der Waals surface area contributed by atoms with E-state index in [1.807, 2.05) is 6.07 Å². The molecule has 2 aromatic rings. The summed E-state index contributed by atoms with van der Waals surface area (Å²) in [5.74, 6) is 1.45. The number of nitriles is 1. The number of nitrogens with zero attached hydrogens (tertiary/aromatic N) is 1. The van der Waals surface area contributed by atoms with Crippen LogP contribution in [0.3, 0.4) is 0 Å². The zero-order valence-electron chi connectivity index (χ0n) is 11.5. The third kappa shape index (κ3) is 3.30. The lowest BCUT2D eigenvalue weighted by molar-refractivity contribution is 0.0998. The Morgan fingerprint density at radius 1 is 1.05 bits per heavy atom. The summed E-state index contributed by atoms with van der Waals surface area (Å²) in [4.78, 5) is 23.2. The molecule has 0 bridgehead atoms. The fourth-order valence-corrected chi connectivity index (χ4v) is 1.83. The van der Waals surface area contributed by atoms with Gasteiger partial charge in [-0.15, -0.1) is 6.42 Å². The lowest BCUT2D eigenvalue weighted by Crippen LogP contribution is -2.13. The summed E-state index contributed by atoms with van der Waals surface area (Å²) in [7, 11) is 0. The van der Waals surface area contributed by atoms with Gasteiger partial charge in [0.05, 0.1) is 11.6 Å². The summed E-state index contributed by atoms with van der Waals surface area (Å²) in [6, 6.07) is 12.6. The van der Waals surface area contributed by atoms with Gasteiger partial charge in [-0.3, -0.25) is 9.59 Å². The minimum absolute atomic E-state index is 0.283. The second-order valence-electron chi connectivity index (χ2n) is 4.45. The normalized spacial score (nSPS) is 9.36. The van der Waals surface area contributed by atoms with E-state index in [9.17, 15) is 9.59 Å². The highest BCUT2D eigenvalue weighted by molar-refractivity contribution is 6.05. The lowest BCUT2D eigenvalue weighted by Gasteiger charge is -2.07. The molecule has 0 aliphatic rings. The number of carbonyl (C=O) groups excluding carboxylic acids is 2. The van der Waals surface area contributed by atoms with Gasteiger partial charge in [0, 0.05) is 22.4 Å². The van der Waals surface area contributed by atoms with Crippen LogP contribution in [0.15, 0.2) is 42.5 Å². The van der Waals surface area contributed by atoms with Crippen LogP contribution >= 0.6 is 0 Å². The third-order valence-electron chi connectivity index (χ3n) is 2.92. The molecule has 0 saturated heterocycles. The fraction of sp³-hybridized carbons (Fsp3) is 0. The molecular formula is C17H11N3O2. The van der Waals surface area contributed by atoms with Gasteiger partial charge in [-0.2, -0.15) is 5.26 Å². The summed E-state index contributed by atoms with van der Waals surface area (Å²) in [6.07, 6.45) is 5.31. The summed E-state index contributed by atoms with van der Waals surface area (Å²) < 4.78 is 0. The van der Waals surface area contributed by atoms with E-state index in [1.54, 1.807) is 12.1 Å². The fourth-order valence-electron chi connectivity index (χ4n) is 1.83. The Morgan fingerprint density at radius 2 is 1.68 bits per heavy atom. The molecule has 22 heavy (non-hydrogen) atoms. The number of primary amides is 1. The zero-order chi connectivity index (χ0) is 16.1. The van der Waals surface area contributed by atoms with Crippen LogP contribution in [0.4, 0.5) is 5.69 Å². The molecule has 0 saturated carbocycles. The van der Waals surface area contributed by atoms with Gasteiger partial charge in [-0.05, 0) is 42.5 Å². The van der Waals surface area contributed by atoms with Gasteiger partial charge >= 0.3 is 0 Å². The highest BCUT2D eigenvalue weighted by Gasteiger charge is 2.09. The Labute approximate surface area is 127 Å². The minimum atomic E-state index is -0.543. The monoisotopic (exact) mass is 289 g/mol. The predicted molar refractivity (Wildman–Crippen MR) is 82.0 cm³/mol. The number of nitrogens with two attached hydrogens (primary N) is 1. The van der Waals surface area contributed by atoms with Crippen molar-refractivity contribution in [2.75, 3.05) is 5.32 Å². The molecule has 3 N–H and O–H groups in total. The Hall–Kier alpha value is -3.57. The van der Waals surface area contributed by atoms with Crippen molar-refractivity contribution in [3.63, 3.8) is 0 Å². The molecule has 5 heteroatoms. The Kier molecular flexibility index (Phi) is 4.22. The second-order valence-corrected chi connectivity index (χ2v) is 4.45. The number of rotatable bonds is 3. The molecule has 0 fully saturated rings. The Morgan fingerprint density at radius 3 is 2.23 bits per heavy atom. The van der Waals surface area contributed by atoms with E-state index in [4.69, 9.17) is 17.4 Å². The maximum atomic E-state index is 12.2. The molecule has 0 spiro atoms. The van der Waals surface area contributed by atoms with Crippen LogP contribution in [-0.2, 0) is 0 Å². The van der Waals surface area contributed by atoms with Gasteiger partial charge in [0.1, 0.15) is 0 Å². The van der Waals surface area contributed by atoms with Crippen molar-refractivity contribution in [1.29, 1.82) is 5.26 Å². The topological polar surface area (TPSA) is 96.0 Å². The van der Waals surface area contributed by atoms with Gasteiger partial charge in [0.25, 0.3) is 5.91 Å². The SMILES string of the molecule is C#Cc1cc(C#N)cc(C(=O)Nc2ccc(C(N)=O)cc2)c1. The van der Waals surface area contributed by atoms with E-state index in [2.05, 4.69) is 11.2 Å². The first kappa shape index (κ1) is 14.8. The predicted octanol–water partition coefficient (Wildman–Crippen LogP) is 1.89. The number of hydrogen-bond acceptors (Lipinski definition) is 3. The van der Waals surface area contributed by atoms with E-state index in [0.717, 1.165) is 0 Å². The van der Waals surface area contributed by atoms with Crippen LogP contribution in [0.2, 0.25) is 0 Å². The molecule has 5 nitrogen and oxygen atoms in total. The van der Waals surface area contributed by atoms with Crippen molar-refractivity contribution in [1.82, 2.24) is 0 Å². The van der Waals surface area contributed by atoms with Crippen molar-refractivity contribution in [3.8, 4) is 18.4 Å². The van der Waals surface area contributed by atoms with Crippen molar-refractivity contribution in [3.05, 3.63) is 64.7 Å². The van der Waals surface area contributed by atoms with Crippen molar-refractivity contribution in [2.24, 2.45) is 5.73 Å². The molecular weight excluding hydrogens is 278 g/mol. The number of carbonyl (C=O) groups is 2. The quantitative estimate of drug-likeness (QED) is 0.844. The van der Waals surface area contributed by atoms with E-state index in [1.165, 1.54) is 30.3 Å². The average Bonchev–Trinajstić information content (AvgIpc) is 2.54. The van der Waals surface area contributed by atoms with Crippen LogP contribution in [0, 0.1) is 23.7 Å². The van der Waals surface area contributed by atoms with Gasteiger partial charge in [-0.25, -0.2) is 0 Å². The largest absolute Gasteiger partial charge is 0.366 e. The smallest absolute Gasteiger partial charge is 0.255 e. The van der Waals surface area contributed by atoms with Crippen LogP contribution in [-0.4, -0.2) is 11.8 Å². The number of terminal acetylenes is 1. The highest BCUT2D eigenvalue weighted by Crippen LogP contribution is 2.14. The van der Waals surface area contributed by atoms with Gasteiger partial charge in [0.2, 0.25) is 5.91 Å². The zero-order valence-corrected chi connectivity index (χ0v) is 11.5. The first-order valence-electron chi connectivity index (χ1n) is 6.26. The van der Waals surface area contributed by atoms with E-state index < -0.39 is 11.8 Å². The number of anilines is 1. The Balaban J connectivity index is 2.24. The van der Waals surface area contributed by atoms with Crippen LogP contribution < -0.4 is 11.1 Å². The molecule has 0 atom stereocenters. The van der Waals surface area contributed by atoms with Gasteiger partial charge in [-0.1, -0.05) is 5.92 Å². The molecule has 0 radical (unpaired) electrons. The van der Waals surface area contributed by atoms with E-state index in [-0.39, 0.29) is 5.56 Å². The molecule has 0 aliphatic carbocycles. The summed E-state index contributed by atoms with van der Waals surface area (Å²) in [5, 5.41) is 11.6.